The van der Waals surface area contributed by atoms with Crippen LogP contribution in [0.4, 0.5) is 5.13 Å². The lowest BCUT2D eigenvalue weighted by molar-refractivity contribution is -0.120. The lowest BCUT2D eigenvalue weighted by atomic mass is 9.99. The average molecular weight is 411 g/mol. The number of aromatic nitrogens is 2. The molecule has 1 fully saturated rings. The molecule has 1 aromatic heterocycles. The number of nitrogens with one attached hydrogen (secondary N) is 1. The van der Waals surface area contributed by atoms with E-state index < -0.39 is 15.9 Å². The highest BCUT2D eigenvalue weighted by molar-refractivity contribution is 7.89. The van der Waals surface area contributed by atoms with Gasteiger partial charge in [0, 0.05) is 13.1 Å². The van der Waals surface area contributed by atoms with Crippen molar-refractivity contribution in [3.05, 3.63) is 29.3 Å². The Morgan fingerprint density at radius 3 is 2.70 bits per heavy atom. The van der Waals surface area contributed by atoms with Crippen LogP contribution in [-0.2, 0) is 21.2 Å². The first-order chi connectivity index (χ1) is 12.9. The highest BCUT2D eigenvalue weighted by Crippen LogP contribution is 2.26. The van der Waals surface area contributed by atoms with Gasteiger partial charge in [0.05, 0.1) is 17.9 Å². The number of hydrogen-bond acceptors (Lipinski definition) is 7. The summed E-state index contributed by atoms with van der Waals surface area (Å²) in [6.07, 6.45) is 2.02. The monoisotopic (exact) mass is 410 g/mol. The number of nitrogens with zero attached hydrogens (tertiary/aromatic N) is 3. The molecule has 1 N–H and O–H groups in total. The molecular formula is C17H22N4O4S2. The van der Waals surface area contributed by atoms with Crippen LogP contribution in [0.5, 0.6) is 5.75 Å². The number of carbonyl (C=O) groups is 1. The van der Waals surface area contributed by atoms with E-state index in [4.69, 9.17) is 4.74 Å². The summed E-state index contributed by atoms with van der Waals surface area (Å²) in [5.74, 6) is -0.0439. The number of piperidine rings is 1. The zero-order valence-corrected chi connectivity index (χ0v) is 16.8. The highest BCUT2D eigenvalue weighted by atomic mass is 32.2. The van der Waals surface area contributed by atoms with E-state index in [0.29, 0.717) is 30.3 Å². The number of amides is 1. The lowest BCUT2D eigenvalue weighted by Gasteiger charge is -2.31. The minimum Gasteiger partial charge on any atom is -0.497 e. The number of rotatable bonds is 6. The molecule has 146 valence electrons. The van der Waals surface area contributed by atoms with E-state index >= 15 is 0 Å². The van der Waals surface area contributed by atoms with E-state index in [1.54, 1.807) is 12.1 Å². The van der Waals surface area contributed by atoms with Gasteiger partial charge in [-0.15, -0.1) is 10.2 Å². The van der Waals surface area contributed by atoms with Gasteiger partial charge in [0.25, 0.3) is 0 Å². The number of sulfonamides is 1. The first-order valence-electron chi connectivity index (χ1n) is 8.71. The Hall–Kier alpha value is -2.04. The van der Waals surface area contributed by atoms with Gasteiger partial charge in [-0.25, -0.2) is 8.42 Å². The van der Waals surface area contributed by atoms with E-state index in [1.807, 2.05) is 6.92 Å². The Morgan fingerprint density at radius 2 is 2.07 bits per heavy atom. The number of methoxy groups -OCH3 is 1. The minimum absolute atomic E-state index is 0.152. The summed E-state index contributed by atoms with van der Waals surface area (Å²) < 4.78 is 32.2. The molecule has 1 aromatic carbocycles. The quantitative estimate of drug-likeness (QED) is 0.783. The number of ether oxygens (including phenoxy) is 1. The number of aryl methyl sites for hydroxylation is 1. The molecular weight excluding hydrogens is 388 g/mol. The molecule has 8 nitrogen and oxygen atoms in total. The van der Waals surface area contributed by atoms with Crippen LogP contribution in [0.25, 0.3) is 0 Å². The number of anilines is 1. The first kappa shape index (κ1) is 19.7. The fourth-order valence-electron chi connectivity index (χ4n) is 2.93. The van der Waals surface area contributed by atoms with Crippen molar-refractivity contribution in [1.82, 2.24) is 14.5 Å². The molecule has 1 saturated heterocycles. The summed E-state index contributed by atoms with van der Waals surface area (Å²) in [6.45, 7) is 2.52. The number of carbonyl (C=O) groups excluding carboxylic acids is 1. The van der Waals surface area contributed by atoms with E-state index in [0.717, 1.165) is 11.4 Å². The molecule has 0 aliphatic carbocycles. The molecule has 0 saturated carbocycles. The molecule has 1 aliphatic rings. The molecule has 1 atom stereocenters. The van der Waals surface area contributed by atoms with Crippen molar-refractivity contribution in [1.29, 1.82) is 0 Å². The third kappa shape index (κ3) is 4.45. The van der Waals surface area contributed by atoms with Gasteiger partial charge in [-0.05, 0) is 43.5 Å². The highest BCUT2D eigenvalue weighted by Gasteiger charge is 2.33. The van der Waals surface area contributed by atoms with Crippen molar-refractivity contribution in [3.63, 3.8) is 0 Å². The van der Waals surface area contributed by atoms with Crippen molar-refractivity contribution in [3.8, 4) is 5.75 Å². The van der Waals surface area contributed by atoms with Crippen LogP contribution >= 0.6 is 11.3 Å². The Balaban J connectivity index is 1.69. The summed E-state index contributed by atoms with van der Waals surface area (Å²) >= 11 is 1.33. The summed E-state index contributed by atoms with van der Waals surface area (Å²) in [5.41, 5.74) is 0. The van der Waals surface area contributed by atoms with Gasteiger partial charge in [0.2, 0.25) is 21.1 Å². The standard InChI is InChI=1S/C17H22N4O4S2/c1-3-15-19-20-17(26-15)18-16(22)12-5-4-10-21(11-12)27(23,24)14-8-6-13(25-2)7-9-14/h6-9,12H,3-5,10-11H2,1-2H3,(H,18,20,22)/t12-/m0/s1. The van der Waals surface area contributed by atoms with Crippen molar-refractivity contribution < 1.29 is 17.9 Å². The maximum absolute atomic E-state index is 12.9. The summed E-state index contributed by atoms with van der Waals surface area (Å²) in [6, 6.07) is 6.26. The Morgan fingerprint density at radius 1 is 1.33 bits per heavy atom. The predicted octanol–water partition coefficient (Wildman–Crippen LogP) is 2.15. The molecule has 0 radical (unpaired) electrons. The Labute approximate surface area is 162 Å². The molecule has 2 heterocycles. The Kier molecular flexibility index (Phi) is 6.08. The topological polar surface area (TPSA) is 101 Å². The van der Waals surface area contributed by atoms with Crippen LogP contribution in [0.2, 0.25) is 0 Å². The maximum atomic E-state index is 12.9. The van der Waals surface area contributed by atoms with Crippen LogP contribution in [0.15, 0.2) is 29.2 Å². The van der Waals surface area contributed by atoms with Crippen molar-refractivity contribution in [2.24, 2.45) is 5.92 Å². The van der Waals surface area contributed by atoms with E-state index in [2.05, 4.69) is 15.5 Å². The zero-order chi connectivity index (χ0) is 19.4. The summed E-state index contributed by atoms with van der Waals surface area (Å²) in [4.78, 5) is 12.7. The largest absolute Gasteiger partial charge is 0.497 e. The Bertz CT molecular complexity index is 896. The molecule has 27 heavy (non-hydrogen) atoms. The minimum atomic E-state index is -3.65. The van der Waals surface area contributed by atoms with Crippen molar-refractivity contribution in [2.45, 2.75) is 31.1 Å². The lowest BCUT2D eigenvalue weighted by Crippen LogP contribution is -2.43. The van der Waals surface area contributed by atoms with Crippen molar-refractivity contribution in [2.75, 3.05) is 25.5 Å². The fraction of sp³-hybridized carbons (Fsp3) is 0.471. The number of hydrogen-bond donors (Lipinski definition) is 1. The van der Waals surface area contributed by atoms with Crippen molar-refractivity contribution >= 4 is 32.4 Å². The second-order valence-corrected chi connectivity index (χ2v) is 9.22. The molecule has 1 amide bonds. The summed E-state index contributed by atoms with van der Waals surface area (Å²) in [7, 11) is -2.13. The molecule has 2 aromatic rings. The first-order valence-corrected chi connectivity index (χ1v) is 11.0. The molecule has 0 unspecified atom stereocenters. The van der Waals surface area contributed by atoms with Gasteiger partial charge >= 0.3 is 0 Å². The van der Waals surface area contributed by atoms with Crippen LogP contribution in [-0.4, -0.2) is 49.0 Å². The normalized spacial score (nSPS) is 18.2. The third-order valence-corrected chi connectivity index (χ3v) is 7.31. The molecule has 3 rings (SSSR count). The maximum Gasteiger partial charge on any atom is 0.243 e. The van der Waals surface area contributed by atoms with Gasteiger partial charge in [0.15, 0.2) is 0 Å². The van der Waals surface area contributed by atoms with E-state index in [-0.39, 0.29) is 17.3 Å². The van der Waals surface area contributed by atoms with Gasteiger partial charge in [-0.3, -0.25) is 4.79 Å². The molecule has 1 aliphatic heterocycles. The third-order valence-electron chi connectivity index (χ3n) is 4.45. The van der Waals surface area contributed by atoms with Crippen LogP contribution in [0.3, 0.4) is 0 Å². The van der Waals surface area contributed by atoms with Crippen LogP contribution in [0.1, 0.15) is 24.8 Å². The molecule has 0 spiro atoms. The predicted molar refractivity (Wildman–Crippen MR) is 102 cm³/mol. The fourth-order valence-corrected chi connectivity index (χ4v) is 5.13. The second kappa shape index (κ2) is 8.32. The average Bonchev–Trinajstić information content (AvgIpc) is 3.15. The van der Waals surface area contributed by atoms with Gasteiger partial charge in [-0.2, -0.15) is 4.31 Å². The van der Waals surface area contributed by atoms with Crippen LogP contribution in [0, 0.1) is 5.92 Å². The van der Waals surface area contributed by atoms with Gasteiger partial charge < -0.3 is 10.1 Å². The van der Waals surface area contributed by atoms with E-state index in [1.165, 1.54) is 34.9 Å². The van der Waals surface area contributed by atoms with Crippen LogP contribution < -0.4 is 10.1 Å². The molecule has 10 heteroatoms. The summed E-state index contributed by atoms with van der Waals surface area (Å²) in [5, 5.41) is 12.0. The van der Waals surface area contributed by atoms with Gasteiger partial charge in [0.1, 0.15) is 10.8 Å². The smallest absolute Gasteiger partial charge is 0.243 e. The zero-order valence-electron chi connectivity index (χ0n) is 15.2. The molecule has 0 bridgehead atoms. The van der Waals surface area contributed by atoms with Gasteiger partial charge in [-0.1, -0.05) is 18.3 Å². The SMILES string of the molecule is CCc1nnc(NC(=O)[C@H]2CCCN(S(=O)(=O)c3ccc(OC)cc3)C2)s1. The number of benzene rings is 1. The second-order valence-electron chi connectivity index (χ2n) is 6.22. The van der Waals surface area contributed by atoms with E-state index in [9.17, 15) is 13.2 Å².